The molecule has 0 spiro atoms. The first-order valence-corrected chi connectivity index (χ1v) is 9.93. The SMILES string of the molecule is Cc1ccc(C)c(C(=O)COC(=O)[C@H](C)N2C(=O)[C@@H]3[C@@H]4CC[C@@H](C4)[C@@H]3C2=O)c1. The lowest BCUT2D eigenvalue weighted by Crippen LogP contribution is -2.45. The summed E-state index contributed by atoms with van der Waals surface area (Å²) in [4.78, 5) is 51.6. The van der Waals surface area contributed by atoms with E-state index in [0.717, 1.165) is 35.3 Å². The summed E-state index contributed by atoms with van der Waals surface area (Å²) in [6.07, 6.45) is 2.92. The second kappa shape index (κ2) is 6.83. The largest absolute Gasteiger partial charge is 0.456 e. The number of amides is 2. The molecule has 0 unspecified atom stereocenters. The summed E-state index contributed by atoms with van der Waals surface area (Å²) in [5.41, 5.74) is 2.27. The van der Waals surface area contributed by atoms with Gasteiger partial charge in [-0.1, -0.05) is 17.7 Å². The van der Waals surface area contributed by atoms with Crippen LogP contribution in [0.3, 0.4) is 0 Å². The van der Waals surface area contributed by atoms with Gasteiger partial charge in [-0.25, -0.2) is 4.79 Å². The highest BCUT2D eigenvalue weighted by Gasteiger charge is 2.62. The number of carbonyl (C=O) groups excluding carboxylic acids is 4. The Morgan fingerprint density at radius 2 is 1.71 bits per heavy atom. The maximum Gasteiger partial charge on any atom is 0.329 e. The normalized spacial score (nSPS) is 29.2. The van der Waals surface area contributed by atoms with Gasteiger partial charge in [-0.05, 0) is 63.5 Å². The molecule has 2 aliphatic carbocycles. The van der Waals surface area contributed by atoms with Gasteiger partial charge in [0.05, 0.1) is 11.8 Å². The molecule has 2 saturated carbocycles. The number of imide groups is 1. The second-order valence-corrected chi connectivity index (χ2v) is 8.46. The van der Waals surface area contributed by atoms with Crippen molar-refractivity contribution in [3.8, 4) is 0 Å². The Balaban J connectivity index is 1.41. The van der Waals surface area contributed by atoms with Gasteiger partial charge in [-0.15, -0.1) is 0 Å². The molecule has 5 atom stereocenters. The summed E-state index contributed by atoms with van der Waals surface area (Å²) < 4.78 is 5.18. The number of aryl methyl sites for hydroxylation is 2. The molecule has 0 aromatic heterocycles. The first-order chi connectivity index (χ1) is 13.3. The predicted molar refractivity (Wildman–Crippen MR) is 100 cm³/mol. The summed E-state index contributed by atoms with van der Waals surface area (Å²) in [6, 6.07) is 4.52. The van der Waals surface area contributed by atoms with Crippen molar-refractivity contribution in [1.82, 2.24) is 4.90 Å². The third-order valence-electron chi connectivity index (χ3n) is 6.73. The van der Waals surface area contributed by atoms with Crippen molar-refractivity contribution in [2.24, 2.45) is 23.7 Å². The standard InChI is InChI=1S/C22H25NO5/c1-11-4-5-12(2)16(8-11)17(24)10-28-22(27)13(3)23-20(25)18-14-6-7-15(9-14)19(18)21(23)26/h4-5,8,13-15,18-19H,6-7,9-10H2,1-3H3/t13-,14-,15+,18-,19+/m0/s1. The number of carbonyl (C=O) groups is 4. The van der Waals surface area contributed by atoms with Crippen molar-refractivity contribution in [3.63, 3.8) is 0 Å². The number of rotatable bonds is 5. The highest BCUT2D eigenvalue weighted by Crippen LogP contribution is 2.56. The maximum absolute atomic E-state index is 12.8. The fraction of sp³-hybridized carbons (Fsp3) is 0.545. The molecule has 3 aliphatic rings. The fourth-order valence-electron chi connectivity index (χ4n) is 5.29. The number of hydrogen-bond donors (Lipinski definition) is 0. The van der Waals surface area contributed by atoms with Crippen molar-refractivity contribution in [2.45, 2.75) is 46.1 Å². The van der Waals surface area contributed by atoms with Crippen LogP contribution < -0.4 is 0 Å². The smallest absolute Gasteiger partial charge is 0.329 e. The van der Waals surface area contributed by atoms with Crippen molar-refractivity contribution in [2.75, 3.05) is 6.61 Å². The summed E-state index contributed by atoms with van der Waals surface area (Å²) >= 11 is 0. The number of hydrogen-bond acceptors (Lipinski definition) is 5. The average Bonchev–Trinajstić information content (AvgIpc) is 3.34. The van der Waals surface area contributed by atoms with Crippen LogP contribution in [0, 0.1) is 37.5 Å². The second-order valence-electron chi connectivity index (χ2n) is 8.46. The number of esters is 1. The molecule has 6 heteroatoms. The summed E-state index contributed by atoms with van der Waals surface area (Å²) in [7, 11) is 0. The van der Waals surface area contributed by atoms with Gasteiger partial charge in [-0.3, -0.25) is 19.3 Å². The van der Waals surface area contributed by atoms with Crippen molar-refractivity contribution in [3.05, 3.63) is 34.9 Å². The lowest BCUT2D eigenvalue weighted by Gasteiger charge is -2.23. The Kier molecular flexibility index (Phi) is 4.60. The van der Waals surface area contributed by atoms with Crippen molar-refractivity contribution >= 4 is 23.6 Å². The molecule has 0 N–H and O–H groups in total. The fourth-order valence-corrected chi connectivity index (χ4v) is 5.29. The molecule has 1 aromatic carbocycles. The lowest BCUT2D eigenvalue weighted by atomic mass is 9.81. The minimum absolute atomic E-state index is 0.243. The molecule has 3 fully saturated rings. The summed E-state index contributed by atoms with van der Waals surface area (Å²) in [5.74, 6) is -1.49. The van der Waals surface area contributed by atoms with Gasteiger partial charge in [0.1, 0.15) is 6.04 Å². The van der Waals surface area contributed by atoms with Crippen molar-refractivity contribution < 1.29 is 23.9 Å². The van der Waals surface area contributed by atoms with E-state index in [1.54, 1.807) is 6.07 Å². The maximum atomic E-state index is 12.8. The number of Topliss-reactive ketones (excluding diaryl/α,β-unsaturated/α-hetero) is 1. The molecule has 2 bridgehead atoms. The minimum atomic E-state index is -1.00. The molecule has 1 aromatic rings. The van der Waals surface area contributed by atoms with Crippen LogP contribution in [0.1, 0.15) is 47.7 Å². The lowest BCUT2D eigenvalue weighted by molar-refractivity contribution is -0.157. The van der Waals surface area contributed by atoms with Crippen LogP contribution in [0.15, 0.2) is 18.2 Å². The van der Waals surface area contributed by atoms with Gasteiger partial charge < -0.3 is 4.74 Å². The molecule has 1 heterocycles. The quantitative estimate of drug-likeness (QED) is 0.443. The third kappa shape index (κ3) is 2.86. The molecule has 1 saturated heterocycles. The molecule has 0 radical (unpaired) electrons. The Bertz CT molecular complexity index is 848. The summed E-state index contributed by atoms with van der Waals surface area (Å²) in [6.45, 7) is 4.82. The summed E-state index contributed by atoms with van der Waals surface area (Å²) in [5, 5.41) is 0. The Labute approximate surface area is 164 Å². The molecule has 148 valence electrons. The predicted octanol–water partition coefficient (Wildman–Crippen LogP) is 2.45. The van der Waals surface area contributed by atoms with Gasteiger partial charge in [0.15, 0.2) is 6.61 Å². The number of ketones is 1. The van der Waals surface area contributed by atoms with Crippen LogP contribution in [-0.2, 0) is 19.1 Å². The van der Waals surface area contributed by atoms with E-state index in [2.05, 4.69) is 0 Å². The van der Waals surface area contributed by atoms with Crippen molar-refractivity contribution in [1.29, 1.82) is 0 Å². The van der Waals surface area contributed by atoms with Crippen LogP contribution in [0.4, 0.5) is 0 Å². The minimum Gasteiger partial charge on any atom is -0.456 e. The van der Waals surface area contributed by atoms with E-state index in [4.69, 9.17) is 4.74 Å². The van der Waals surface area contributed by atoms with E-state index in [9.17, 15) is 19.2 Å². The van der Waals surface area contributed by atoms with Crippen LogP contribution in [-0.4, -0.2) is 41.1 Å². The zero-order valence-corrected chi connectivity index (χ0v) is 16.4. The van der Waals surface area contributed by atoms with Crippen LogP contribution in [0.5, 0.6) is 0 Å². The van der Waals surface area contributed by atoms with Crippen LogP contribution in [0.25, 0.3) is 0 Å². The van der Waals surface area contributed by atoms with E-state index in [1.165, 1.54) is 6.92 Å². The number of benzene rings is 1. The average molecular weight is 383 g/mol. The first kappa shape index (κ1) is 18.8. The molecule has 28 heavy (non-hydrogen) atoms. The zero-order chi connectivity index (χ0) is 20.2. The molecule has 1 aliphatic heterocycles. The molecular formula is C22H25NO5. The highest BCUT2D eigenvalue weighted by atomic mass is 16.5. The van der Waals surface area contributed by atoms with Gasteiger partial charge >= 0.3 is 5.97 Å². The number of ether oxygens (including phenoxy) is 1. The van der Waals surface area contributed by atoms with E-state index in [-0.39, 0.29) is 41.3 Å². The highest BCUT2D eigenvalue weighted by molar-refractivity contribution is 6.08. The van der Waals surface area contributed by atoms with Crippen LogP contribution >= 0.6 is 0 Å². The van der Waals surface area contributed by atoms with Gasteiger partial charge in [-0.2, -0.15) is 0 Å². The Morgan fingerprint density at radius 3 is 2.32 bits per heavy atom. The molecule has 6 nitrogen and oxygen atoms in total. The molecule has 4 rings (SSSR count). The van der Waals surface area contributed by atoms with Gasteiger partial charge in [0.25, 0.3) is 0 Å². The topological polar surface area (TPSA) is 80.8 Å². The van der Waals surface area contributed by atoms with E-state index in [0.29, 0.717) is 5.56 Å². The van der Waals surface area contributed by atoms with Crippen LogP contribution in [0.2, 0.25) is 0 Å². The molecule has 2 amide bonds. The number of fused-ring (bicyclic) bond motifs is 5. The third-order valence-corrected chi connectivity index (χ3v) is 6.73. The number of nitrogens with zero attached hydrogens (tertiary/aromatic N) is 1. The monoisotopic (exact) mass is 383 g/mol. The molecular weight excluding hydrogens is 358 g/mol. The van der Waals surface area contributed by atoms with E-state index < -0.39 is 18.6 Å². The Hall–Kier alpha value is -2.50. The number of likely N-dealkylation sites (tertiary alicyclic amines) is 1. The van der Waals surface area contributed by atoms with E-state index >= 15 is 0 Å². The Morgan fingerprint density at radius 1 is 1.11 bits per heavy atom. The van der Waals surface area contributed by atoms with Gasteiger partial charge in [0.2, 0.25) is 17.6 Å². The first-order valence-electron chi connectivity index (χ1n) is 9.93. The van der Waals surface area contributed by atoms with Gasteiger partial charge in [0, 0.05) is 5.56 Å². The zero-order valence-electron chi connectivity index (χ0n) is 16.4. The van der Waals surface area contributed by atoms with E-state index in [1.807, 2.05) is 26.0 Å².